The zero-order valence-electron chi connectivity index (χ0n) is 9.40. The topological polar surface area (TPSA) is 68.3 Å². The lowest BCUT2D eigenvalue weighted by molar-refractivity contribution is 0.0942. The Kier molecular flexibility index (Phi) is 2.24. The van der Waals surface area contributed by atoms with Crippen LogP contribution in [0.25, 0.3) is 11.5 Å². The predicted molar refractivity (Wildman–Crippen MR) is 59.4 cm³/mol. The van der Waals surface area contributed by atoms with Gasteiger partial charge in [0.25, 0.3) is 5.91 Å². The molecule has 1 N–H and O–H groups in total. The molecule has 0 aromatic carbocycles. The molecule has 0 atom stereocenters. The monoisotopic (exact) mass is 232 g/mol. The highest BCUT2D eigenvalue weighted by molar-refractivity contribution is 5.93. The molecule has 0 radical (unpaired) electrons. The van der Waals surface area contributed by atoms with Crippen molar-refractivity contribution in [1.29, 1.82) is 0 Å². The Hall–Kier alpha value is -2.04. The number of carbonyl (C=O) groups is 1. The summed E-state index contributed by atoms with van der Waals surface area (Å²) in [5.74, 6) is 1.66. The Morgan fingerprint density at radius 1 is 1.41 bits per heavy atom. The van der Waals surface area contributed by atoms with Gasteiger partial charge in [0.15, 0.2) is 11.5 Å². The van der Waals surface area contributed by atoms with E-state index in [1.54, 1.807) is 12.1 Å². The van der Waals surface area contributed by atoms with Crippen LogP contribution >= 0.6 is 0 Å². The predicted octanol–water partition coefficient (Wildman–Crippen LogP) is 2.14. The van der Waals surface area contributed by atoms with Crippen molar-refractivity contribution in [3.05, 3.63) is 29.7 Å². The molecule has 3 rings (SSSR count). The number of amides is 1. The van der Waals surface area contributed by atoms with Gasteiger partial charge in [0.2, 0.25) is 5.76 Å². The van der Waals surface area contributed by atoms with E-state index in [2.05, 4.69) is 10.5 Å². The fourth-order valence-corrected chi connectivity index (χ4v) is 1.55. The Bertz CT molecular complexity index is 552. The Balaban J connectivity index is 1.79. The van der Waals surface area contributed by atoms with E-state index in [1.165, 1.54) is 0 Å². The Morgan fingerprint density at radius 2 is 2.24 bits per heavy atom. The van der Waals surface area contributed by atoms with Crippen molar-refractivity contribution in [2.75, 3.05) is 0 Å². The highest BCUT2D eigenvalue weighted by atomic mass is 16.5. The van der Waals surface area contributed by atoms with Crippen LogP contribution < -0.4 is 5.32 Å². The van der Waals surface area contributed by atoms with E-state index in [1.807, 2.05) is 13.0 Å². The third-order valence-corrected chi connectivity index (χ3v) is 2.64. The molecular formula is C12H12N2O3. The molecule has 1 aliphatic carbocycles. The van der Waals surface area contributed by atoms with Crippen molar-refractivity contribution in [3.63, 3.8) is 0 Å². The molecule has 1 amide bonds. The van der Waals surface area contributed by atoms with Gasteiger partial charge in [0, 0.05) is 12.1 Å². The number of nitrogens with zero attached hydrogens (tertiary/aromatic N) is 1. The Labute approximate surface area is 97.8 Å². The molecule has 2 heterocycles. The molecule has 2 aromatic heterocycles. The third kappa shape index (κ3) is 2.08. The minimum absolute atomic E-state index is 0.189. The summed E-state index contributed by atoms with van der Waals surface area (Å²) in [4.78, 5) is 11.7. The minimum atomic E-state index is -0.189. The van der Waals surface area contributed by atoms with Gasteiger partial charge >= 0.3 is 0 Å². The number of aromatic nitrogens is 1. The van der Waals surface area contributed by atoms with Crippen LogP contribution in [0.3, 0.4) is 0 Å². The fraction of sp³-hybridized carbons (Fsp3) is 0.333. The molecule has 5 heteroatoms. The summed E-state index contributed by atoms with van der Waals surface area (Å²) in [6.07, 6.45) is 2.10. The molecule has 0 bridgehead atoms. The van der Waals surface area contributed by atoms with Gasteiger partial charge in [-0.25, -0.2) is 0 Å². The number of aryl methyl sites for hydroxylation is 1. The van der Waals surface area contributed by atoms with Gasteiger partial charge in [-0.2, -0.15) is 0 Å². The number of rotatable bonds is 3. The molecule has 1 saturated carbocycles. The number of carbonyl (C=O) groups excluding carboxylic acids is 1. The summed E-state index contributed by atoms with van der Waals surface area (Å²) >= 11 is 0. The van der Waals surface area contributed by atoms with Crippen LogP contribution in [0, 0.1) is 6.92 Å². The second-order valence-corrected chi connectivity index (χ2v) is 4.23. The fourth-order valence-electron chi connectivity index (χ4n) is 1.55. The quantitative estimate of drug-likeness (QED) is 0.880. The first-order valence-corrected chi connectivity index (χ1v) is 5.57. The molecule has 0 spiro atoms. The summed E-state index contributed by atoms with van der Waals surface area (Å²) in [5, 5.41) is 6.58. The maximum absolute atomic E-state index is 11.7. The normalized spacial score (nSPS) is 14.9. The summed E-state index contributed by atoms with van der Waals surface area (Å²) < 4.78 is 10.5. The third-order valence-electron chi connectivity index (χ3n) is 2.64. The lowest BCUT2D eigenvalue weighted by Crippen LogP contribution is -2.25. The highest BCUT2D eigenvalue weighted by Gasteiger charge is 2.25. The van der Waals surface area contributed by atoms with Gasteiger partial charge in [0.05, 0.1) is 0 Å². The van der Waals surface area contributed by atoms with Crippen LogP contribution in [0.5, 0.6) is 0 Å². The lowest BCUT2D eigenvalue weighted by atomic mass is 10.3. The SMILES string of the molecule is Cc1ccc(-c2cc(C(=O)NC3CC3)no2)o1. The number of hydrogen-bond donors (Lipinski definition) is 1. The van der Waals surface area contributed by atoms with Gasteiger partial charge < -0.3 is 14.3 Å². The van der Waals surface area contributed by atoms with Crippen molar-refractivity contribution in [2.24, 2.45) is 0 Å². The summed E-state index contributed by atoms with van der Waals surface area (Å²) in [6.45, 7) is 1.85. The molecule has 17 heavy (non-hydrogen) atoms. The van der Waals surface area contributed by atoms with E-state index in [0.717, 1.165) is 18.6 Å². The molecule has 5 nitrogen and oxygen atoms in total. The van der Waals surface area contributed by atoms with Gasteiger partial charge in [-0.15, -0.1) is 0 Å². The molecule has 1 fully saturated rings. The Morgan fingerprint density at radius 3 is 2.88 bits per heavy atom. The zero-order chi connectivity index (χ0) is 11.8. The first kappa shape index (κ1) is 10.1. The molecule has 1 aliphatic rings. The van der Waals surface area contributed by atoms with Crippen LogP contribution in [0.15, 0.2) is 27.1 Å². The molecule has 0 unspecified atom stereocenters. The molecule has 2 aromatic rings. The van der Waals surface area contributed by atoms with Crippen LogP contribution in [-0.4, -0.2) is 17.1 Å². The van der Waals surface area contributed by atoms with Crippen LogP contribution in [0.4, 0.5) is 0 Å². The first-order valence-electron chi connectivity index (χ1n) is 5.57. The standard InChI is InChI=1S/C12H12N2O3/c1-7-2-5-10(16-7)11-6-9(14-17-11)12(15)13-8-3-4-8/h2,5-6,8H,3-4H2,1H3,(H,13,15). The largest absolute Gasteiger partial charge is 0.458 e. The first-order chi connectivity index (χ1) is 8.22. The number of nitrogens with one attached hydrogen (secondary N) is 1. The van der Waals surface area contributed by atoms with Crippen molar-refractivity contribution >= 4 is 5.91 Å². The van der Waals surface area contributed by atoms with E-state index in [-0.39, 0.29) is 5.91 Å². The van der Waals surface area contributed by atoms with Crippen molar-refractivity contribution in [1.82, 2.24) is 10.5 Å². The van der Waals surface area contributed by atoms with E-state index in [9.17, 15) is 4.79 Å². The van der Waals surface area contributed by atoms with Crippen LogP contribution in [-0.2, 0) is 0 Å². The van der Waals surface area contributed by atoms with Gasteiger partial charge in [-0.05, 0) is 31.9 Å². The van der Waals surface area contributed by atoms with Crippen molar-refractivity contribution in [2.45, 2.75) is 25.8 Å². The van der Waals surface area contributed by atoms with E-state index in [0.29, 0.717) is 23.3 Å². The van der Waals surface area contributed by atoms with Crippen LogP contribution in [0.1, 0.15) is 29.1 Å². The van der Waals surface area contributed by atoms with E-state index < -0.39 is 0 Å². The maximum atomic E-state index is 11.7. The van der Waals surface area contributed by atoms with Crippen molar-refractivity contribution in [3.8, 4) is 11.5 Å². The van der Waals surface area contributed by atoms with Gasteiger partial charge in [0.1, 0.15) is 5.76 Å². The average molecular weight is 232 g/mol. The van der Waals surface area contributed by atoms with Crippen LogP contribution in [0.2, 0.25) is 0 Å². The second kappa shape index (κ2) is 3.76. The van der Waals surface area contributed by atoms with Crippen molar-refractivity contribution < 1.29 is 13.7 Å². The highest BCUT2D eigenvalue weighted by Crippen LogP contribution is 2.23. The minimum Gasteiger partial charge on any atom is -0.458 e. The second-order valence-electron chi connectivity index (χ2n) is 4.23. The summed E-state index contributed by atoms with van der Waals surface area (Å²) in [6, 6.07) is 5.53. The number of furan rings is 1. The van der Waals surface area contributed by atoms with E-state index in [4.69, 9.17) is 8.94 Å². The van der Waals surface area contributed by atoms with E-state index >= 15 is 0 Å². The maximum Gasteiger partial charge on any atom is 0.273 e. The lowest BCUT2D eigenvalue weighted by Gasteiger charge is -1.96. The van der Waals surface area contributed by atoms with Gasteiger partial charge in [-0.3, -0.25) is 4.79 Å². The van der Waals surface area contributed by atoms with Gasteiger partial charge in [-0.1, -0.05) is 5.16 Å². The molecular weight excluding hydrogens is 220 g/mol. The number of hydrogen-bond acceptors (Lipinski definition) is 4. The summed E-state index contributed by atoms with van der Waals surface area (Å²) in [7, 11) is 0. The molecule has 88 valence electrons. The molecule has 0 saturated heterocycles. The average Bonchev–Trinajstić information content (AvgIpc) is 2.81. The summed E-state index contributed by atoms with van der Waals surface area (Å²) in [5.41, 5.74) is 0.293. The molecule has 0 aliphatic heterocycles. The zero-order valence-corrected chi connectivity index (χ0v) is 9.40. The smallest absolute Gasteiger partial charge is 0.273 e.